The first-order chi connectivity index (χ1) is 8.58. The van der Waals surface area contributed by atoms with E-state index >= 15 is 0 Å². The molecule has 2 aromatic rings. The van der Waals surface area contributed by atoms with Crippen LogP contribution in [0.25, 0.3) is 10.4 Å². The van der Waals surface area contributed by atoms with Gasteiger partial charge in [-0.15, -0.1) is 11.3 Å². The van der Waals surface area contributed by atoms with E-state index in [1.54, 1.807) is 6.07 Å². The van der Waals surface area contributed by atoms with Crippen molar-refractivity contribution in [1.29, 1.82) is 0 Å². The van der Waals surface area contributed by atoms with Gasteiger partial charge in [-0.2, -0.15) is 0 Å². The van der Waals surface area contributed by atoms with Crippen molar-refractivity contribution < 1.29 is 4.39 Å². The summed E-state index contributed by atoms with van der Waals surface area (Å²) in [5, 5.41) is 5.23. The highest BCUT2D eigenvalue weighted by Crippen LogP contribution is 2.35. The molecule has 1 aromatic carbocycles. The van der Waals surface area contributed by atoms with E-state index in [1.807, 2.05) is 23.6 Å². The van der Waals surface area contributed by atoms with Crippen LogP contribution in [0.1, 0.15) is 19.4 Å². The monoisotopic (exact) mass is 327 g/mol. The summed E-state index contributed by atoms with van der Waals surface area (Å²) in [5.41, 5.74) is 1.63. The average Bonchev–Trinajstić information content (AvgIpc) is 2.73. The molecule has 0 radical (unpaired) electrons. The summed E-state index contributed by atoms with van der Waals surface area (Å²) < 4.78 is 15.0. The van der Waals surface area contributed by atoms with E-state index in [4.69, 9.17) is 0 Å². The Labute approximate surface area is 119 Å². The lowest BCUT2D eigenvalue weighted by Crippen LogP contribution is -2.21. The lowest BCUT2D eigenvalue weighted by Gasteiger charge is -2.09. The molecular formula is C14H15BrFNS. The quantitative estimate of drug-likeness (QED) is 0.849. The Balaban J connectivity index is 2.23. The molecule has 1 aromatic heterocycles. The largest absolute Gasteiger partial charge is 0.310 e. The van der Waals surface area contributed by atoms with Gasteiger partial charge in [-0.3, -0.25) is 0 Å². The standard InChI is InChI=1S/C14H15BrFNS/c1-9(2)17-8-10-3-4-11(13(16)7-10)14-12(15)5-6-18-14/h3-7,9,17H,8H2,1-2H3. The minimum absolute atomic E-state index is 0.166. The number of hydrogen-bond donors (Lipinski definition) is 1. The molecule has 0 atom stereocenters. The van der Waals surface area contributed by atoms with Crippen molar-refractivity contribution in [3.8, 4) is 10.4 Å². The minimum Gasteiger partial charge on any atom is -0.310 e. The van der Waals surface area contributed by atoms with Crippen LogP contribution in [0.15, 0.2) is 34.1 Å². The number of halogens is 2. The summed E-state index contributed by atoms with van der Waals surface area (Å²) in [4.78, 5) is 0.941. The number of nitrogens with one attached hydrogen (secondary N) is 1. The third kappa shape index (κ3) is 3.19. The Hall–Kier alpha value is -0.710. The Morgan fingerprint density at radius 1 is 1.33 bits per heavy atom. The SMILES string of the molecule is CC(C)NCc1ccc(-c2sccc2Br)c(F)c1. The van der Waals surface area contributed by atoms with Gasteiger partial charge in [0.2, 0.25) is 0 Å². The van der Waals surface area contributed by atoms with Gasteiger partial charge >= 0.3 is 0 Å². The van der Waals surface area contributed by atoms with Crippen LogP contribution in [0, 0.1) is 5.82 Å². The number of rotatable bonds is 4. The van der Waals surface area contributed by atoms with Crippen LogP contribution in [-0.2, 0) is 6.54 Å². The lowest BCUT2D eigenvalue weighted by atomic mass is 10.1. The van der Waals surface area contributed by atoms with Gasteiger partial charge in [-0.1, -0.05) is 26.0 Å². The second kappa shape index (κ2) is 5.95. The summed E-state index contributed by atoms with van der Waals surface area (Å²) in [7, 11) is 0. The molecule has 0 aliphatic rings. The lowest BCUT2D eigenvalue weighted by molar-refractivity contribution is 0.582. The van der Waals surface area contributed by atoms with Gasteiger partial charge in [0.25, 0.3) is 0 Å². The minimum atomic E-state index is -0.166. The molecule has 0 aliphatic heterocycles. The Morgan fingerprint density at radius 3 is 2.67 bits per heavy atom. The fourth-order valence-electron chi connectivity index (χ4n) is 1.66. The molecule has 1 nitrogen and oxygen atoms in total. The molecule has 1 N–H and O–H groups in total. The molecular weight excluding hydrogens is 313 g/mol. The van der Waals surface area contributed by atoms with Gasteiger partial charge < -0.3 is 5.32 Å². The van der Waals surface area contributed by atoms with Gasteiger partial charge in [-0.25, -0.2) is 4.39 Å². The maximum absolute atomic E-state index is 14.1. The van der Waals surface area contributed by atoms with Gasteiger partial charge in [-0.05, 0) is 39.0 Å². The van der Waals surface area contributed by atoms with E-state index in [9.17, 15) is 4.39 Å². The summed E-state index contributed by atoms with van der Waals surface area (Å²) in [6, 6.07) is 7.77. The number of hydrogen-bond acceptors (Lipinski definition) is 2. The zero-order valence-electron chi connectivity index (χ0n) is 10.3. The van der Waals surface area contributed by atoms with Crippen molar-refractivity contribution in [2.24, 2.45) is 0 Å². The van der Waals surface area contributed by atoms with Crippen LogP contribution < -0.4 is 5.32 Å². The molecule has 18 heavy (non-hydrogen) atoms. The molecule has 0 amide bonds. The van der Waals surface area contributed by atoms with Crippen LogP contribution in [0.3, 0.4) is 0 Å². The third-order valence-corrected chi connectivity index (χ3v) is 4.48. The maximum Gasteiger partial charge on any atom is 0.132 e. The topological polar surface area (TPSA) is 12.0 Å². The fourth-order valence-corrected chi connectivity index (χ4v) is 3.28. The Morgan fingerprint density at radius 2 is 2.11 bits per heavy atom. The predicted octanol–water partition coefficient (Wildman–Crippen LogP) is 4.81. The molecule has 0 saturated heterocycles. The first-order valence-corrected chi connectivity index (χ1v) is 7.50. The molecule has 1 heterocycles. The number of benzene rings is 1. The maximum atomic E-state index is 14.1. The van der Waals surface area contributed by atoms with Gasteiger partial charge in [0, 0.05) is 22.6 Å². The van der Waals surface area contributed by atoms with Crippen LogP contribution in [0.5, 0.6) is 0 Å². The highest BCUT2D eigenvalue weighted by atomic mass is 79.9. The summed E-state index contributed by atoms with van der Waals surface area (Å²) in [6.07, 6.45) is 0. The van der Waals surface area contributed by atoms with Gasteiger partial charge in [0.1, 0.15) is 5.82 Å². The number of thiophene rings is 1. The van der Waals surface area contributed by atoms with E-state index in [1.165, 1.54) is 11.3 Å². The molecule has 0 bridgehead atoms. The fraction of sp³-hybridized carbons (Fsp3) is 0.286. The highest BCUT2D eigenvalue weighted by Gasteiger charge is 2.10. The van der Waals surface area contributed by atoms with Crippen molar-refractivity contribution in [3.63, 3.8) is 0 Å². The van der Waals surface area contributed by atoms with E-state index in [0.717, 1.165) is 14.9 Å². The Kier molecular flexibility index (Phi) is 4.54. The molecule has 0 fully saturated rings. The summed E-state index contributed by atoms with van der Waals surface area (Å²) in [6.45, 7) is 4.85. The van der Waals surface area contributed by atoms with Crippen LogP contribution >= 0.6 is 27.3 Å². The summed E-state index contributed by atoms with van der Waals surface area (Å²) >= 11 is 4.98. The van der Waals surface area contributed by atoms with Crippen molar-refractivity contribution >= 4 is 27.3 Å². The summed E-state index contributed by atoms with van der Waals surface area (Å²) in [5.74, 6) is -0.166. The van der Waals surface area contributed by atoms with E-state index < -0.39 is 0 Å². The van der Waals surface area contributed by atoms with Crippen molar-refractivity contribution in [1.82, 2.24) is 5.32 Å². The first kappa shape index (κ1) is 13.7. The third-order valence-electron chi connectivity index (χ3n) is 2.61. The zero-order chi connectivity index (χ0) is 13.1. The van der Waals surface area contributed by atoms with Crippen LogP contribution in [0.2, 0.25) is 0 Å². The molecule has 0 spiro atoms. The molecule has 0 unspecified atom stereocenters. The van der Waals surface area contributed by atoms with Crippen molar-refractivity contribution in [3.05, 3.63) is 45.5 Å². The second-order valence-corrected chi connectivity index (χ2v) is 6.22. The van der Waals surface area contributed by atoms with E-state index in [2.05, 4.69) is 35.1 Å². The Bertz CT molecular complexity index is 536. The smallest absolute Gasteiger partial charge is 0.132 e. The van der Waals surface area contributed by atoms with E-state index in [0.29, 0.717) is 18.2 Å². The zero-order valence-corrected chi connectivity index (χ0v) is 12.7. The van der Waals surface area contributed by atoms with Crippen molar-refractivity contribution in [2.45, 2.75) is 26.4 Å². The average molecular weight is 328 g/mol. The van der Waals surface area contributed by atoms with E-state index in [-0.39, 0.29) is 5.82 Å². The molecule has 0 saturated carbocycles. The highest BCUT2D eigenvalue weighted by molar-refractivity contribution is 9.10. The molecule has 0 aliphatic carbocycles. The molecule has 4 heteroatoms. The van der Waals surface area contributed by atoms with Gasteiger partial charge in [0.15, 0.2) is 0 Å². The van der Waals surface area contributed by atoms with Gasteiger partial charge in [0.05, 0.1) is 4.88 Å². The predicted molar refractivity (Wildman–Crippen MR) is 79.4 cm³/mol. The molecule has 2 rings (SSSR count). The van der Waals surface area contributed by atoms with Crippen LogP contribution in [-0.4, -0.2) is 6.04 Å². The molecule has 96 valence electrons. The first-order valence-electron chi connectivity index (χ1n) is 5.83. The van der Waals surface area contributed by atoms with Crippen LogP contribution in [0.4, 0.5) is 4.39 Å². The normalized spacial score (nSPS) is 11.2. The van der Waals surface area contributed by atoms with Crippen molar-refractivity contribution in [2.75, 3.05) is 0 Å². The second-order valence-electron chi connectivity index (χ2n) is 4.45.